The van der Waals surface area contributed by atoms with Gasteiger partial charge in [-0.3, -0.25) is 0 Å². The second-order valence-corrected chi connectivity index (χ2v) is 7.44. The summed E-state index contributed by atoms with van der Waals surface area (Å²) < 4.78 is 0. The Morgan fingerprint density at radius 2 is 1.68 bits per heavy atom. The largest absolute Gasteiger partial charge is 0.0654 e. The molecule has 2 aromatic carbocycles. The summed E-state index contributed by atoms with van der Waals surface area (Å²) in [4.78, 5) is 0. The fourth-order valence-corrected chi connectivity index (χ4v) is 3.62. The van der Waals surface area contributed by atoms with E-state index in [1.807, 2.05) is 0 Å². The molecule has 0 amide bonds. The van der Waals surface area contributed by atoms with Gasteiger partial charge in [-0.15, -0.1) is 0 Å². The van der Waals surface area contributed by atoms with Gasteiger partial charge in [0.2, 0.25) is 0 Å². The normalized spacial score (nSPS) is 12.7. The molecule has 0 atom stereocenters. The Labute approximate surface area is 172 Å². The van der Waals surface area contributed by atoms with Crippen LogP contribution in [0.4, 0.5) is 0 Å². The van der Waals surface area contributed by atoms with Gasteiger partial charge in [0.05, 0.1) is 0 Å². The van der Waals surface area contributed by atoms with Crippen LogP contribution in [0.5, 0.6) is 0 Å². The fourth-order valence-electron chi connectivity index (χ4n) is 3.62. The van der Waals surface area contributed by atoms with E-state index in [1.54, 1.807) is 5.57 Å². The number of aryl methyl sites for hydroxylation is 1. The monoisotopic (exact) mass is 408 g/mol. The molecule has 1 heteroatoms. The molecule has 2 aromatic rings. The van der Waals surface area contributed by atoms with E-state index >= 15 is 0 Å². The number of hydrogen-bond donors (Lipinski definition) is 0. The van der Waals surface area contributed by atoms with Crippen molar-refractivity contribution in [1.29, 1.82) is 0 Å². The van der Waals surface area contributed by atoms with Crippen LogP contribution in [0.1, 0.15) is 63.1 Å². The van der Waals surface area contributed by atoms with Gasteiger partial charge in [-0.1, -0.05) is 94.1 Å². The summed E-state index contributed by atoms with van der Waals surface area (Å²) in [6.07, 6.45) is 10.1. The summed E-state index contributed by atoms with van der Waals surface area (Å²) in [5.41, 5.74) is 8.70. The summed E-state index contributed by atoms with van der Waals surface area (Å²) in [6.45, 7) is 6.86. The van der Waals surface area contributed by atoms with Crippen LogP contribution < -0.4 is 0 Å². The van der Waals surface area contributed by atoms with E-state index in [0.29, 0.717) is 5.92 Å². The maximum Gasteiger partial charge on any atom is 0 e. The van der Waals surface area contributed by atoms with Gasteiger partial charge in [0.25, 0.3) is 0 Å². The smallest absolute Gasteiger partial charge is 0 e. The molecular weight excluding hydrogens is 379 g/mol. The Morgan fingerprint density at radius 1 is 0.920 bits per heavy atom. The number of hydrogen-bond acceptors (Lipinski definition) is 0. The van der Waals surface area contributed by atoms with Gasteiger partial charge in [-0.2, -0.15) is 0 Å². The number of fused-ring (bicyclic) bond motifs is 1. The van der Waals surface area contributed by atoms with Crippen molar-refractivity contribution in [3.05, 3.63) is 64.7 Å². The van der Waals surface area contributed by atoms with Crippen LogP contribution in [0.3, 0.4) is 0 Å². The second kappa shape index (κ2) is 9.68. The quantitative estimate of drug-likeness (QED) is 0.429. The zero-order chi connectivity index (χ0) is 16.9. The molecule has 3 rings (SSSR count). The van der Waals surface area contributed by atoms with Crippen molar-refractivity contribution in [3.8, 4) is 11.1 Å². The minimum absolute atomic E-state index is 0. The molecule has 0 unspecified atom stereocenters. The zero-order valence-electron chi connectivity index (χ0n) is 15.9. The molecule has 25 heavy (non-hydrogen) atoms. The first-order valence-electron chi connectivity index (χ1n) is 9.60. The van der Waals surface area contributed by atoms with Crippen molar-refractivity contribution in [1.82, 2.24) is 0 Å². The Morgan fingerprint density at radius 3 is 2.36 bits per heavy atom. The van der Waals surface area contributed by atoms with E-state index in [4.69, 9.17) is 0 Å². The van der Waals surface area contributed by atoms with Gasteiger partial charge in [0, 0.05) is 26.2 Å². The van der Waals surface area contributed by atoms with E-state index in [2.05, 4.69) is 69.3 Å². The molecule has 0 aromatic heterocycles. The first-order valence-corrected chi connectivity index (χ1v) is 9.60. The molecule has 0 heterocycles. The second-order valence-electron chi connectivity index (χ2n) is 7.44. The van der Waals surface area contributed by atoms with E-state index in [0.717, 1.165) is 6.42 Å². The third-order valence-electron chi connectivity index (χ3n) is 5.25. The molecule has 0 N–H and O–H groups in total. The molecule has 130 valence electrons. The Balaban J connectivity index is 0.00000225. The summed E-state index contributed by atoms with van der Waals surface area (Å²) >= 11 is 0. The summed E-state index contributed by atoms with van der Waals surface area (Å²) in [6, 6.07) is 16.0. The van der Waals surface area contributed by atoms with Crippen molar-refractivity contribution < 1.29 is 26.2 Å². The van der Waals surface area contributed by atoms with E-state index in [-0.39, 0.29) is 26.2 Å². The van der Waals surface area contributed by atoms with Crippen molar-refractivity contribution in [2.75, 3.05) is 0 Å². The van der Waals surface area contributed by atoms with Crippen LogP contribution >= 0.6 is 0 Å². The number of allylic oxidation sites excluding steroid dienone is 1. The first-order chi connectivity index (χ1) is 11.7. The third kappa shape index (κ3) is 5.04. The van der Waals surface area contributed by atoms with E-state index in [1.165, 1.54) is 59.9 Å². The molecular formula is C24H30Zr. The molecule has 0 aliphatic heterocycles. The maximum absolute atomic E-state index is 2.42. The number of unbranched alkanes of at least 4 members (excludes halogenated alkanes) is 3. The maximum atomic E-state index is 2.42. The molecule has 1 aliphatic rings. The Bertz CT molecular complexity index is 707. The molecule has 1 aliphatic carbocycles. The van der Waals surface area contributed by atoms with E-state index < -0.39 is 0 Å². The molecule has 0 saturated carbocycles. The number of rotatable bonds is 7. The van der Waals surface area contributed by atoms with Gasteiger partial charge in [-0.05, 0) is 53.0 Å². The van der Waals surface area contributed by atoms with Crippen molar-refractivity contribution in [2.24, 2.45) is 5.92 Å². The first kappa shape index (κ1) is 20.4. The van der Waals surface area contributed by atoms with Gasteiger partial charge in [0.1, 0.15) is 0 Å². The van der Waals surface area contributed by atoms with Crippen molar-refractivity contribution in [3.63, 3.8) is 0 Å². The molecule has 0 spiro atoms. The predicted octanol–water partition coefficient (Wildman–Crippen LogP) is 7.07. The topological polar surface area (TPSA) is 0 Å². The van der Waals surface area contributed by atoms with Gasteiger partial charge < -0.3 is 0 Å². The zero-order valence-corrected chi connectivity index (χ0v) is 18.4. The molecule has 0 bridgehead atoms. The molecule has 0 radical (unpaired) electrons. The van der Waals surface area contributed by atoms with Crippen molar-refractivity contribution in [2.45, 2.75) is 59.3 Å². The average Bonchev–Trinajstić information content (AvgIpc) is 3.04. The number of benzene rings is 2. The van der Waals surface area contributed by atoms with Crippen LogP contribution in [0.15, 0.2) is 48.0 Å². The standard InChI is InChI=1S/C24H30.Zr/c1-4-5-6-7-9-19-12-14-20(15-13-19)23-11-8-10-21-16-22(18(2)3)17-24(21)23;/h8,10-15,17-18H,4-7,9,16H2,1-3H3;. The molecule has 0 saturated heterocycles. The van der Waals surface area contributed by atoms with Crippen LogP contribution in [-0.4, -0.2) is 0 Å². The summed E-state index contributed by atoms with van der Waals surface area (Å²) in [7, 11) is 0. The summed E-state index contributed by atoms with van der Waals surface area (Å²) in [5.74, 6) is 0.635. The molecule has 0 nitrogen and oxygen atoms in total. The van der Waals surface area contributed by atoms with Crippen LogP contribution in [0, 0.1) is 5.92 Å². The Kier molecular flexibility index (Phi) is 7.89. The fraction of sp³-hybridized carbons (Fsp3) is 0.417. The molecule has 0 fully saturated rings. The average molecular weight is 410 g/mol. The van der Waals surface area contributed by atoms with Crippen LogP contribution in [0.2, 0.25) is 0 Å². The minimum Gasteiger partial charge on any atom is -0.0654 e. The van der Waals surface area contributed by atoms with Gasteiger partial charge in [0.15, 0.2) is 0 Å². The van der Waals surface area contributed by atoms with Crippen LogP contribution in [-0.2, 0) is 39.0 Å². The van der Waals surface area contributed by atoms with Gasteiger partial charge in [-0.25, -0.2) is 0 Å². The van der Waals surface area contributed by atoms with Gasteiger partial charge >= 0.3 is 0 Å². The predicted molar refractivity (Wildman–Crippen MR) is 106 cm³/mol. The third-order valence-corrected chi connectivity index (χ3v) is 5.25. The Hall–Kier alpha value is -0.937. The minimum atomic E-state index is 0. The summed E-state index contributed by atoms with van der Waals surface area (Å²) in [5, 5.41) is 0. The van der Waals surface area contributed by atoms with Crippen molar-refractivity contribution >= 4 is 6.08 Å². The van der Waals surface area contributed by atoms with E-state index in [9.17, 15) is 0 Å². The van der Waals surface area contributed by atoms with Crippen LogP contribution in [0.25, 0.3) is 17.2 Å². The SMILES string of the molecule is CCCCCCc1ccc(-c2cccc3c2C=C(C(C)C)C3)cc1.[Zr].